The maximum absolute atomic E-state index is 12.2. The molecule has 0 aliphatic heterocycles. The van der Waals surface area contributed by atoms with Gasteiger partial charge in [0.1, 0.15) is 0 Å². The van der Waals surface area contributed by atoms with E-state index in [4.69, 9.17) is 11.8 Å². The minimum atomic E-state index is -0.0135. The number of nitrogens with zero attached hydrogens (tertiary/aromatic N) is 1. The average molecular weight is 152 g/mol. The summed E-state index contributed by atoms with van der Waals surface area (Å²) in [5.41, 5.74) is 0. The van der Waals surface area contributed by atoms with Gasteiger partial charge in [-0.3, -0.25) is 0 Å². The molecule has 0 heterocycles. The Hall–Kier alpha value is 0.180. The molecule has 0 saturated heterocycles. The van der Waals surface area contributed by atoms with E-state index in [1.165, 1.54) is 6.42 Å². The fourth-order valence-electron chi connectivity index (χ4n) is 1.28. The minimum absolute atomic E-state index is 0.0135. The van der Waals surface area contributed by atoms with E-state index in [9.17, 15) is 4.48 Å². The molecule has 0 radical (unpaired) electrons. The maximum atomic E-state index is 12.2. The van der Waals surface area contributed by atoms with Crippen molar-refractivity contribution >= 4 is 11.8 Å². The third-order valence-electron chi connectivity index (χ3n) is 1.85. The minimum Gasteiger partial charge on any atom is -0.117 e. The third kappa shape index (κ3) is 2.11. The van der Waals surface area contributed by atoms with Crippen LogP contribution in [0.5, 0.6) is 0 Å². The highest BCUT2D eigenvalue weighted by Gasteiger charge is 2.18. The predicted molar refractivity (Wildman–Crippen MR) is 35.7 cm³/mol. The molecule has 9 heavy (non-hydrogen) atoms. The summed E-state index contributed by atoms with van der Waals surface area (Å²) in [6, 6.07) is -0.0135. The molecule has 0 aromatic carbocycles. The molecule has 1 fully saturated rings. The van der Waals surface area contributed by atoms with Crippen LogP contribution in [0.3, 0.4) is 0 Å². The summed E-state index contributed by atoms with van der Waals surface area (Å²) in [5, 5.41) is 0. The van der Waals surface area contributed by atoms with Crippen molar-refractivity contribution in [3.8, 4) is 0 Å². The van der Waals surface area contributed by atoms with E-state index in [-0.39, 0.29) is 6.04 Å². The molecule has 0 amide bonds. The molecule has 0 aromatic heterocycles. The first-order valence-electron chi connectivity index (χ1n) is 3.41. The van der Waals surface area contributed by atoms with Crippen molar-refractivity contribution in [3.63, 3.8) is 0 Å². The van der Waals surface area contributed by atoms with Crippen LogP contribution in [-0.2, 0) is 0 Å². The van der Waals surface area contributed by atoms with Crippen molar-refractivity contribution < 1.29 is 4.48 Å². The fourth-order valence-corrected chi connectivity index (χ4v) is 1.47. The SMILES string of the molecule is FN(Cl)C1CCCCC1. The van der Waals surface area contributed by atoms with Gasteiger partial charge in [0.15, 0.2) is 0 Å². The van der Waals surface area contributed by atoms with Crippen LogP contribution in [0.2, 0.25) is 0 Å². The molecular formula is C6H11ClFN. The van der Waals surface area contributed by atoms with E-state index in [0.717, 1.165) is 25.7 Å². The third-order valence-corrected chi connectivity index (χ3v) is 2.13. The largest absolute Gasteiger partial charge is 0.117 e. The normalized spacial score (nSPS) is 23.0. The second-order valence-corrected chi connectivity index (χ2v) is 2.87. The Kier molecular flexibility index (Phi) is 2.73. The molecule has 1 saturated carbocycles. The topological polar surface area (TPSA) is 3.24 Å². The van der Waals surface area contributed by atoms with Crippen LogP contribution in [0.15, 0.2) is 0 Å². The Bertz CT molecular complexity index is 81.1. The van der Waals surface area contributed by atoms with Crippen LogP contribution in [0.4, 0.5) is 4.48 Å². The van der Waals surface area contributed by atoms with Crippen LogP contribution in [-0.4, -0.2) is 10.7 Å². The van der Waals surface area contributed by atoms with E-state index in [2.05, 4.69) is 0 Å². The van der Waals surface area contributed by atoms with E-state index < -0.39 is 0 Å². The van der Waals surface area contributed by atoms with E-state index >= 15 is 0 Å². The van der Waals surface area contributed by atoms with Gasteiger partial charge in [-0.05, 0) is 12.8 Å². The molecule has 0 aromatic rings. The van der Waals surface area contributed by atoms with E-state index in [1.807, 2.05) is 0 Å². The molecule has 1 aliphatic carbocycles. The number of hydrogen-bond donors (Lipinski definition) is 0. The lowest BCUT2D eigenvalue weighted by atomic mass is 9.96. The second kappa shape index (κ2) is 3.37. The Morgan fingerprint density at radius 3 is 2.11 bits per heavy atom. The zero-order valence-electron chi connectivity index (χ0n) is 5.32. The van der Waals surface area contributed by atoms with Crippen molar-refractivity contribution in [3.05, 3.63) is 0 Å². The lowest BCUT2D eigenvalue weighted by molar-refractivity contribution is 0.0674. The first-order valence-corrected chi connectivity index (χ1v) is 3.75. The highest BCUT2D eigenvalue weighted by molar-refractivity contribution is 6.12. The summed E-state index contributed by atoms with van der Waals surface area (Å²) in [4.78, 5) is 0. The Morgan fingerprint density at radius 2 is 1.78 bits per heavy atom. The molecule has 54 valence electrons. The zero-order chi connectivity index (χ0) is 6.69. The molecular weight excluding hydrogens is 141 g/mol. The summed E-state index contributed by atoms with van der Waals surface area (Å²) in [6.45, 7) is 0. The van der Waals surface area contributed by atoms with Gasteiger partial charge in [-0.2, -0.15) is 0 Å². The van der Waals surface area contributed by atoms with Crippen molar-refractivity contribution in [1.82, 2.24) is 4.64 Å². The van der Waals surface area contributed by atoms with Gasteiger partial charge in [0.25, 0.3) is 0 Å². The van der Waals surface area contributed by atoms with Crippen LogP contribution in [0, 0.1) is 0 Å². The number of hydrogen-bond acceptors (Lipinski definition) is 1. The highest BCUT2D eigenvalue weighted by Crippen LogP contribution is 2.23. The van der Waals surface area contributed by atoms with Crippen molar-refractivity contribution in [2.75, 3.05) is 0 Å². The van der Waals surface area contributed by atoms with Gasteiger partial charge in [0.2, 0.25) is 0 Å². The Labute approximate surface area is 59.8 Å². The zero-order valence-corrected chi connectivity index (χ0v) is 6.07. The number of halogens is 2. The molecule has 0 atom stereocenters. The van der Waals surface area contributed by atoms with Gasteiger partial charge in [-0.15, -0.1) is 4.48 Å². The molecule has 0 bridgehead atoms. The smallest absolute Gasteiger partial charge is 0.0572 e. The highest BCUT2D eigenvalue weighted by atomic mass is 35.5. The summed E-state index contributed by atoms with van der Waals surface area (Å²) in [7, 11) is 0. The Morgan fingerprint density at radius 1 is 1.22 bits per heavy atom. The summed E-state index contributed by atoms with van der Waals surface area (Å²) in [5.74, 6) is 0. The van der Waals surface area contributed by atoms with E-state index in [1.54, 1.807) is 0 Å². The molecule has 0 N–H and O–H groups in total. The molecule has 0 spiro atoms. The monoisotopic (exact) mass is 151 g/mol. The van der Waals surface area contributed by atoms with Gasteiger partial charge in [-0.1, -0.05) is 23.9 Å². The quantitative estimate of drug-likeness (QED) is 0.521. The Balaban J connectivity index is 2.23. The summed E-state index contributed by atoms with van der Waals surface area (Å²) >= 11 is 5.12. The van der Waals surface area contributed by atoms with Gasteiger partial charge in [0, 0.05) is 11.8 Å². The average Bonchev–Trinajstić information content (AvgIpc) is 1.90. The second-order valence-electron chi connectivity index (χ2n) is 2.55. The molecule has 3 heteroatoms. The lowest BCUT2D eigenvalue weighted by Crippen LogP contribution is -2.22. The molecule has 0 unspecified atom stereocenters. The van der Waals surface area contributed by atoms with Crippen molar-refractivity contribution in [2.24, 2.45) is 0 Å². The van der Waals surface area contributed by atoms with Crippen molar-refractivity contribution in [1.29, 1.82) is 0 Å². The molecule has 1 rings (SSSR count). The summed E-state index contributed by atoms with van der Waals surface area (Å²) < 4.78 is 12.5. The van der Waals surface area contributed by atoms with E-state index in [0.29, 0.717) is 4.64 Å². The van der Waals surface area contributed by atoms with Gasteiger partial charge in [0.05, 0.1) is 6.04 Å². The van der Waals surface area contributed by atoms with Crippen LogP contribution >= 0.6 is 11.8 Å². The number of rotatable bonds is 1. The first kappa shape index (κ1) is 7.29. The van der Waals surface area contributed by atoms with Crippen LogP contribution in [0.1, 0.15) is 32.1 Å². The van der Waals surface area contributed by atoms with Crippen LogP contribution < -0.4 is 0 Å². The van der Waals surface area contributed by atoms with Gasteiger partial charge in [-0.25, -0.2) is 0 Å². The molecule has 1 aliphatic rings. The van der Waals surface area contributed by atoms with Crippen molar-refractivity contribution in [2.45, 2.75) is 38.1 Å². The lowest BCUT2D eigenvalue weighted by Gasteiger charge is -2.21. The fraction of sp³-hybridized carbons (Fsp3) is 1.00. The molecule has 1 nitrogen and oxygen atoms in total. The predicted octanol–water partition coefficient (Wildman–Crippen LogP) is 2.66. The maximum Gasteiger partial charge on any atom is 0.0572 e. The summed E-state index contributed by atoms with van der Waals surface area (Å²) in [6.07, 6.45) is 5.32. The van der Waals surface area contributed by atoms with Gasteiger partial charge < -0.3 is 0 Å². The van der Waals surface area contributed by atoms with Gasteiger partial charge >= 0.3 is 0 Å². The first-order chi connectivity index (χ1) is 4.30. The van der Waals surface area contributed by atoms with Crippen LogP contribution in [0.25, 0.3) is 0 Å². The standard InChI is InChI=1S/C6H11ClFN/c7-9(8)6-4-2-1-3-5-6/h6H,1-5H2.